The molecule has 0 saturated carbocycles. The van der Waals surface area contributed by atoms with Gasteiger partial charge >= 0.3 is 0 Å². The SMILES string of the molecule is CCCCN1CCC(NC(=O)c2cc(C)cc(Br)c2O)CC1. The summed E-state index contributed by atoms with van der Waals surface area (Å²) in [5.41, 5.74) is 1.30. The standard InChI is InChI=1S/C17H25BrN2O2/c1-3-4-7-20-8-5-13(6-9-20)19-17(22)14-10-12(2)11-15(18)16(14)21/h10-11,13,21H,3-9H2,1-2H3,(H,19,22). The van der Waals surface area contributed by atoms with Gasteiger partial charge in [0.25, 0.3) is 5.91 Å². The number of hydrogen-bond acceptors (Lipinski definition) is 3. The van der Waals surface area contributed by atoms with Gasteiger partial charge in [0.15, 0.2) is 0 Å². The molecule has 1 aliphatic heterocycles. The quantitative estimate of drug-likeness (QED) is 0.836. The third kappa shape index (κ3) is 4.46. The number of rotatable bonds is 5. The largest absolute Gasteiger partial charge is 0.506 e. The van der Waals surface area contributed by atoms with Gasteiger partial charge in [0.2, 0.25) is 0 Å². The molecule has 5 heteroatoms. The second-order valence-corrected chi connectivity index (χ2v) is 6.94. The molecule has 4 nitrogen and oxygen atoms in total. The minimum absolute atomic E-state index is 0.0171. The highest BCUT2D eigenvalue weighted by atomic mass is 79.9. The lowest BCUT2D eigenvalue weighted by Gasteiger charge is -2.32. The molecule has 0 radical (unpaired) electrons. The van der Waals surface area contributed by atoms with Gasteiger partial charge in [-0.25, -0.2) is 0 Å². The predicted octanol–water partition coefficient (Wildman–Crippen LogP) is 3.46. The molecule has 0 aliphatic carbocycles. The first-order valence-electron chi connectivity index (χ1n) is 8.03. The van der Waals surface area contributed by atoms with E-state index in [1.54, 1.807) is 12.1 Å². The number of carbonyl (C=O) groups is 1. The number of phenolic OH excluding ortho intramolecular Hbond substituents is 1. The molecule has 22 heavy (non-hydrogen) atoms. The van der Waals surface area contributed by atoms with Gasteiger partial charge < -0.3 is 15.3 Å². The van der Waals surface area contributed by atoms with E-state index in [9.17, 15) is 9.90 Å². The van der Waals surface area contributed by atoms with Gasteiger partial charge in [0, 0.05) is 19.1 Å². The van der Waals surface area contributed by atoms with E-state index in [1.807, 2.05) is 6.92 Å². The van der Waals surface area contributed by atoms with Crippen molar-refractivity contribution in [3.05, 3.63) is 27.7 Å². The van der Waals surface area contributed by atoms with Gasteiger partial charge in [-0.3, -0.25) is 4.79 Å². The highest BCUT2D eigenvalue weighted by Gasteiger charge is 2.22. The maximum atomic E-state index is 12.4. The summed E-state index contributed by atoms with van der Waals surface area (Å²) in [5, 5.41) is 13.1. The Bertz CT molecular complexity index is 526. The molecule has 1 aromatic carbocycles. The number of nitrogens with one attached hydrogen (secondary N) is 1. The summed E-state index contributed by atoms with van der Waals surface area (Å²) in [5.74, 6) is -0.169. The molecule has 1 heterocycles. The van der Waals surface area contributed by atoms with Crippen LogP contribution in [0.15, 0.2) is 16.6 Å². The molecule has 0 aromatic heterocycles. The van der Waals surface area contributed by atoms with E-state index < -0.39 is 0 Å². The number of aromatic hydroxyl groups is 1. The van der Waals surface area contributed by atoms with Crippen molar-refractivity contribution < 1.29 is 9.90 Å². The summed E-state index contributed by atoms with van der Waals surface area (Å²) in [6.45, 7) is 7.35. The van der Waals surface area contributed by atoms with Gasteiger partial charge in [0.05, 0.1) is 10.0 Å². The molecule has 2 rings (SSSR count). The van der Waals surface area contributed by atoms with Gasteiger partial charge in [-0.2, -0.15) is 0 Å². The normalized spacial score (nSPS) is 16.7. The van der Waals surface area contributed by atoms with Crippen LogP contribution in [0.4, 0.5) is 0 Å². The Labute approximate surface area is 141 Å². The van der Waals surface area contributed by atoms with Crippen molar-refractivity contribution in [3.8, 4) is 5.75 Å². The van der Waals surface area contributed by atoms with Crippen LogP contribution in [-0.2, 0) is 0 Å². The average Bonchev–Trinajstić information content (AvgIpc) is 2.50. The third-order valence-corrected chi connectivity index (χ3v) is 4.81. The maximum absolute atomic E-state index is 12.4. The van der Waals surface area contributed by atoms with Gasteiger partial charge in [-0.1, -0.05) is 13.3 Å². The molecule has 1 amide bonds. The monoisotopic (exact) mass is 368 g/mol. The number of halogens is 1. The molecular formula is C17H25BrN2O2. The fraction of sp³-hybridized carbons (Fsp3) is 0.588. The van der Waals surface area contributed by atoms with Crippen LogP contribution in [0.5, 0.6) is 5.75 Å². The Morgan fingerprint density at radius 2 is 2.09 bits per heavy atom. The lowest BCUT2D eigenvalue weighted by Crippen LogP contribution is -2.44. The van der Waals surface area contributed by atoms with Crippen LogP contribution in [-0.4, -0.2) is 41.6 Å². The number of amides is 1. The Morgan fingerprint density at radius 3 is 2.73 bits per heavy atom. The zero-order chi connectivity index (χ0) is 16.1. The number of phenols is 1. The average molecular weight is 369 g/mol. The number of piperidine rings is 1. The van der Waals surface area contributed by atoms with Crippen molar-refractivity contribution in [2.75, 3.05) is 19.6 Å². The second-order valence-electron chi connectivity index (χ2n) is 6.09. The first-order chi connectivity index (χ1) is 10.5. The Morgan fingerprint density at radius 1 is 1.41 bits per heavy atom. The van der Waals surface area contributed by atoms with E-state index in [4.69, 9.17) is 0 Å². The Balaban J connectivity index is 1.91. The highest BCUT2D eigenvalue weighted by Crippen LogP contribution is 2.29. The van der Waals surface area contributed by atoms with E-state index in [0.717, 1.165) is 38.0 Å². The van der Waals surface area contributed by atoms with Gasteiger partial charge in [-0.05, 0) is 66.4 Å². The number of aryl methyl sites for hydroxylation is 1. The van der Waals surface area contributed by atoms with Crippen molar-refractivity contribution in [1.29, 1.82) is 0 Å². The first kappa shape index (κ1) is 17.3. The van der Waals surface area contributed by atoms with Gasteiger partial charge in [-0.15, -0.1) is 0 Å². The van der Waals surface area contributed by atoms with E-state index in [-0.39, 0.29) is 17.7 Å². The molecule has 1 fully saturated rings. The van der Waals surface area contributed by atoms with E-state index in [0.29, 0.717) is 10.0 Å². The van der Waals surface area contributed by atoms with E-state index in [2.05, 4.69) is 33.1 Å². The molecule has 1 aromatic rings. The summed E-state index contributed by atoms with van der Waals surface area (Å²) in [6, 6.07) is 3.73. The smallest absolute Gasteiger partial charge is 0.255 e. The Kier molecular flexibility index (Phi) is 6.26. The number of hydrogen-bond donors (Lipinski definition) is 2. The fourth-order valence-corrected chi connectivity index (χ4v) is 3.43. The minimum Gasteiger partial charge on any atom is -0.506 e. The molecule has 122 valence electrons. The minimum atomic E-state index is -0.186. The summed E-state index contributed by atoms with van der Waals surface area (Å²) in [6.07, 6.45) is 4.41. The highest BCUT2D eigenvalue weighted by molar-refractivity contribution is 9.10. The molecular weight excluding hydrogens is 344 g/mol. The number of unbranched alkanes of at least 4 members (excludes halogenated alkanes) is 1. The van der Waals surface area contributed by atoms with Crippen molar-refractivity contribution in [2.45, 2.75) is 45.6 Å². The number of likely N-dealkylation sites (tertiary alicyclic amines) is 1. The van der Waals surface area contributed by atoms with Crippen molar-refractivity contribution in [3.63, 3.8) is 0 Å². The van der Waals surface area contributed by atoms with Crippen LogP contribution >= 0.6 is 15.9 Å². The summed E-state index contributed by atoms with van der Waals surface area (Å²) < 4.78 is 0.562. The van der Waals surface area contributed by atoms with Crippen molar-refractivity contribution >= 4 is 21.8 Å². The molecule has 2 N–H and O–H groups in total. The summed E-state index contributed by atoms with van der Waals surface area (Å²) in [7, 11) is 0. The number of nitrogens with zero attached hydrogens (tertiary/aromatic N) is 1. The molecule has 1 aliphatic rings. The van der Waals surface area contributed by atoms with E-state index >= 15 is 0 Å². The second kappa shape index (κ2) is 7.97. The molecule has 0 atom stereocenters. The zero-order valence-electron chi connectivity index (χ0n) is 13.4. The lowest BCUT2D eigenvalue weighted by molar-refractivity contribution is 0.0908. The van der Waals surface area contributed by atoms with E-state index in [1.165, 1.54) is 12.8 Å². The number of carbonyl (C=O) groups excluding carboxylic acids is 1. The van der Waals surface area contributed by atoms with Crippen LogP contribution in [0.3, 0.4) is 0 Å². The van der Waals surface area contributed by atoms with Crippen molar-refractivity contribution in [2.24, 2.45) is 0 Å². The topological polar surface area (TPSA) is 52.6 Å². The molecule has 0 bridgehead atoms. The maximum Gasteiger partial charge on any atom is 0.255 e. The van der Waals surface area contributed by atoms with Gasteiger partial charge in [0.1, 0.15) is 5.75 Å². The van der Waals surface area contributed by atoms with Crippen LogP contribution in [0.25, 0.3) is 0 Å². The van der Waals surface area contributed by atoms with Crippen LogP contribution in [0.1, 0.15) is 48.5 Å². The predicted molar refractivity (Wildman–Crippen MR) is 92.4 cm³/mol. The van der Waals surface area contributed by atoms with Crippen molar-refractivity contribution in [1.82, 2.24) is 10.2 Å². The molecule has 0 spiro atoms. The Hall–Kier alpha value is -1.07. The molecule has 1 saturated heterocycles. The molecule has 0 unspecified atom stereocenters. The van der Waals surface area contributed by atoms with Crippen LogP contribution in [0, 0.1) is 6.92 Å². The van der Waals surface area contributed by atoms with Crippen LogP contribution in [0.2, 0.25) is 0 Å². The lowest BCUT2D eigenvalue weighted by atomic mass is 10.0. The summed E-state index contributed by atoms with van der Waals surface area (Å²) >= 11 is 3.29. The number of benzene rings is 1. The van der Waals surface area contributed by atoms with Crippen LogP contribution < -0.4 is 5.32 Å². The summed E-state index contributed by atoms with van der Waals surface area (Å²) in [4.78, 5) is 14.9. The zero-order valence-corrected chi connectivity index (χ0v) is 14.9. The fourth-order valence-electron chi connectivity index (χ4n) is 2.85. The third-order valence-electron chi connectivity index (χ3n) is 4.20. The first-order valence-corrected chi connectivity index (χ1v) is 8.83.